The number of likely N-dealkylation sites (tertiary alicyclic amines) is 1. The molecule has 1 heterocycles. The van der Waals surface area contributed by atoms with E-state index >= 15 is 0 Å². The van der Waals surface area contributed by atoms with E-state index in [0.29, 0.717) is 11.5 Å². The van der Waals surface area contributed by atoms with E-state index in [1.807, 2.05) is 0 Å². The minimum Gasteiger partial charge on any atom is -0.314 e. The lowest BCUT2D eigenvalue weighted by Crippen LogP contribution is -2.47. The van der Waals surface area contributed by atoms with E-state index in [1.54, 1.807) is 0 Å². The van der Waals surface area contributed by atoms with Crippen LogP contribution in [0.5, 0.6) is 0 Å². The van der Waals surface area contributed by atoms with E-state index in [4.69, 9.17) is 0 Å². The second-order valence-electron chi connectivity index (χ2n) is 6.52. The highest BCUT2D eigenvalue weighted by molar-refractivity contribution is 4.81. The first-order valence-corrected chi connectivity index (χ1v) is 6.88. The molecule has 1 aliphatic rings. The summed E-state index contributed by atoms with van der Waals surface area (Å²) >= 11 is 0. The second kappa shape index (κ2) is 6.02. The van der Waals surface area contributed by atoms with E-state index in [2.05, 4.69) is 44.8 Å². The maximum absolute atomic E-state index is 3.56. The monoisotopic (exact) mass is 226 g/mol. The molecule has 1 aliphatic heterocycles. The third-order valence-electron chi connectivity index (χ3n) is 3.56. The van der Waals surface area contributed by atoms with Crippen molar-refractivity contribution in [1.29, 1.82) is 0 Å². The number of nitrogens with one attached hydrogen (secondary N) is 1. The molecule has 1 atom stereocenters. The predicted octanol–water partition coefficient (Wildman–Crippen LogP) is 2.89. The maximum Gasteiger partial charge on any atom is 0.00671 e. The lowest BCUT2D eigenvalue weighted by atomic mass is 9.90. The zero-order valence-electron chi connectivity index (χ0n) is 11.8. The molecule has 1 rings (SSSR count). The van der Waals surface area contributed by atoms with Crippen LogP contribution in [0.25, 0.3) is 0 Å². The Balaban J connectivity index is 2.37. The topological polar surface area (TPSA) is 15.3 Å². The molecule has 0 amide bonds. The maximum atomic E-state index is 3.56. The van der Waals surface area contributed by atoms with Crippen LogP contribution < -0.4 is 5.32 Å². The van der Waals surface area contributed by atoms with E-state index < -0.39 is 0 Å². The molecule has 1 unspecified atom stereocenters. The summed E-state index contributed by atoms with van der Waals surface area (Å²) in [5.41, 5.74) is 0.385. The Kier molecular flexibility index (Phi) is 5.26. The molecule has 0 aromatic heterocycles. The van der Waals surface area contributed by atoms with Gasteiger partial charge in [0.1, 0.15) is 0 Å². The van der Waals surface area contributed by atoms with Crippen molar-refractivity contribution in [3.63, 3.8) is 0 Å². The lowest BCUT2D eigenvalue weighted by molar-refractivity contribution is 0.103. The first-order chi connectivity index (χ1) is 7.41. The summed E-state index contributed by atoms with van der Waals surface area (Å²) in [7, 11) is 0. The number of hydrogen-bond acceptors (Lipinski definition) is 2. The third-order valence-corrected chi connectivity index (χ3v) is 3.56. The van der Waals surface area contributed by atoms with E-state index in [9.17, 15) is 0 Å². The predicted molar refractivity (Wildman–Crippen MR) is 71.8 cm³/mol. The van der Waals surface area contributed by atoms with Gasteiger partial charge in [0.15, 0.2) is 0 Å². The Hall–Kier alpha value is -0.0800. The summed E-state index contributed by atoms with van der Waals surface area (Å²) < 4.78 is 0. The smallest absolute Gasteiger partial charge is 0.00671 e. The third kappa shape index (κ3) is 4.84. The molecule has 0 aromatic carbocycles. The van der Waals surface area contributed by atoms with Crippen molar-refractivity contribution in [1.82, 2.24) is 10.2 Å². The van der Waals surface area contributed by atoms with Crippen molar-refractivity contribution >= 4 is 0 Å². The molecule has 2 heteroatoms. The molecule has 96 valence electrons. The summed E-state index contributed by atoms with van der Waals surface area (Å²) in [5.74, 6) is 0. The van der Waals surface area contributed by atoms with Gasteiger partial charge in [0.25, 0.3) is 0 Å². The highest BCUT2D eigenvalue weighted by Crippen LogP contribution is 2.23. The van der Waals surface area contributed by atoms with Crippen LogP contribution in [-0.4, -0.2) is 36.6 Å². The quantitative estimate of drug-likeness (QED) is 0.775. The Morgan fingerprint density at radius 1 is 1.31 bits per heavy atom. The van der Waals surface area contributed by atoms with Crippen LogP contribution >= 0.6 is 0 Å². The van der Waals surface area contributed by atoms with Gasteiger partial charge in [0, 0.05) is 25.2 Å². The fourth-order valence-electron chi connectivity index (χ4n) is 2.48. The van der Waals surface area contributed by atoms with Gasteiger partial charge in [-0.25, -0.2) is 0 Å². The van der Waals surface area contributed by atoms with E-state index in [-0.39, 0.29) is 0 Å². The summed E-state index contributed by atoms with van der Waals surface area (Å²) in [4.78, 5) is 2.67. The molecular weight excluding hydrogens is 196 g/mol. The van der Waals surface area contributed by atoms with Crippen molar-refractivity contribution in [2.24, 2.45) is 5.41 Å². The average molecular weight is 226 g/mol. The Morgan fingerprint density at radius 3 is 2.56 bits per heavy atom. The first-order valence-electron chi connectivity index (χ1n) is 6.88. The van der Waals surface area contributed by atoms with Crippen molar-refractivity contribution in [3.05, 3.63) is 0 Å². The number of nitrogens with zero attached hydrogens (tertiary/aromatic N) is 1. The first kappa shape index (κ1) is 14.0. The molecule has 0 radical (unpaired) electrons. The van der Waals surface area contributed by atoms with Gasteiger partial charge in [-0.05, 0) is 31.7 Å². The fourth-order valence-corrected chi connectivity index (χ4v) is 2.48. The molecule has 1 N–H and O–H groups in total. The van der Waals surface area contributed by atoms with Gasteiger partial charge in [-0.3, -0.25) is 0 Å². The van der Waals surface area contributed by atoms with Crippen LogP contribution in [0.15, 0.2) is 0 Å². The molecule has 1 saturated heterocycles. The fraction of sp³-hybridized carbons (Fsp3) is 1.00. The van der Waals surface area contributed by atoms with Gasteiger partial charge in [-0.2, -0.15) is 0 Å². The van der Waals surface area contributed by atoms with Gasteiger partial charge >= 0.3 is 0 Å². The standard InChI is InChI=1S/C14H30N2/c1-12(2)15-10-14(4,5)11-16-9-7-6-8-13(16)3/h12-13,15H,6-11H2,1-5H3. The van der Waals surface area contributed by atoms with Gasteiger partial charge in [0.05, 0.1) is 0 Å². The van der Waals surface area contributed by atoms with Crippen molar-refractivity contribution in [2.45, 2.75) is 66.0 Å². The number of piperidine rings is 1. The van der Waals surface area contributed by atoms with Crippen LogP contribution in [0.4, 0.5) is 0 Å². The zero-order chi connectivity index (χ0) is 12.2. The number of hydrogen-bond donors (Lipinski definition) is 1. The molecule has 0 aliphatic carbocycles. The minimum absolute atomic E-state index is 0.385. The van der Waals surface area contributed by atoms with Crippen LogP contribution in [0.3, 0.4) is 0 Å². The second-order valence-corrected chi connectivity index (χ2v) is 6.52. The summed E-state index contributed by atoms with van der Waals surface area (Å²) in [5, 5.41) is 3.56. The Morgan fingerprint density at radius 2 is 2.00 bits per heavy atom. The molecule has 2 nitrogen and oxygen atoms in total. The highest BCUT2D eigenvalue weighted by atomic mass is 15.2. The zero-order valence-corrected chi connectivity index (χ0v) is 11.8. The largest absolute Gasteiger partial charge is 0.314 e. The van der Waals surface area contributed by atoms with Crippen LogP contribution in [0, 0.1) is 5.41 Å². The minimum atomic E-state index is 0.385. The van der Waals surface area contributed by atoms with Gasteiger partial charge in [-0.15, -0.1) is 0 Å². The number of rotatable bonds is 5. The van der Waals surface area contributed by atoms with Gasteiger partial charge in [0.2, 0.25) is 0 Å². The SMILES string of the molecule is CC(C)NCC(C)(C)CN1CCCCC1C. The van der Waals surface area contributed by atoms with Gasteiger partial charge < -0.3 is 10.2 Å². The van der Waals surface area contributed by atoms with Crippen molar-refractivity contribution in [2.75, 3.05) is 19.6 Å². The van der Waals surface area contributed by atoms with Crippen molar-refractivity contribution < 1.29 is 0 Å². The van der Waals surface area contributed by atoms with Crippen molar-refractivity contribution in [3.8, 4) is 0 Å². The van der Waals surface area contributed by atoms with E-state index in [1.165, 1.54) is 32.4 Å². The summed E-state index contributed by atoms with van der Waals surface area (Å²) in [6.45, 7) is 15.2. The molecule has 0 bridgehead atoms. The molecule has 0 aromatic rings. The van der Waals surface area contributed by atoms with Gasteiger partial charge in [-0.1, -0.05) is 34.1 Å². The Labute approximate surface area is 102 Å². The Bertz CT molecular complexity index is 199. The van der Waals surface area contributed by atoms with Crippen LogP contribution in [0.2, 0.25) is 0 Å². The van der Waals surface area contributed by atoms with Crippen LogP contribution in [0.1, 0.15) is 53.9 Å². The lowest BCUT2D eigenvalue weighted by Gasteiger charge is -2.39. The normalized spacial score (nSPS) is 24.0. The molecule has 1 fully saturated rings. The summed E-state index contributed by atoms with van der Waals surface area (Å²) in [6.07, 6.45) is 4.19. The van der Waals surface area contributed by atoms with E-state index in [0.717, 1.165) is 12.6 Å². The molecule has 16 heavy (non-hydrogen) atoms. The summed E-state index contributed by atoms with van der Waals surface area (Å²) in [6, 6.07) is 1.38. The van der Waals surface area contributed by atoms with Crippen LogP contribution in [-0.2, 0) is 0 Å². The molecule has 0 spiro atoms. The molecule has 0 saturated carbocycles. The highest BCUT2D eigenvalue weighted by Gasteiger charge is 2.26. The molecular formula is C14H30N2. The average Bonchev–Trinajstić information content (AvgIpc) is 2.19.